The molecule has 0 spiro atoms. The highest BCUT2D eigenvalue weighted by atomic mass is 19.1. The Bertz CT molecular complexity index is 1730. The van der Waals surface area contributed by atoms with E-state index >= 15 is 4.39 Å². The van der Waals surface area contributed by atoms with Crippen molar-refractivity contribution in [3.05, 3.63) is 35.2 Å². The molecule has 9 nitrogen and oxygen atoms in total. The molecule has 12 heteroatoms. The Morgan fingerprint density at radius 3 is 2.78 bits per heavy atom. The molecule has 2 N–H and O–H groups in total. The van der Waals surface area contributed by atoms with E-state index in [9.17, 15) is 19.0 Å². The van der Waals surface area contributed by atoms with Crippen LogP contribution in [0.4, 0.5) is 19.0 Å². The number of β-amino-alcohol motifs (C(OH)–C–C–N with tert-alkyl or cyclic N) is 1. The van der Waals surface area contributed by atoms with Gasteiger partial charge in [-0.3, -0.25) is 4.90 Å². The van der Waals surface area contributed by atoms with Crippen molar-refractivity contribution < 1.29 is 32.9 Å². The number of aliphatic hydroxyl groups excluding tert-OH is 1. The fourth-order valence-electron chi connectivity index (χ4n) is 7.50. The molecular formula is C33H34F3N5O4. The highest BCUT2D eigenvalue weighted by molar-refractivity contribution is 5.97. The van der Waals surface area contributed by atoms with E-state index in [1.165, 1.54) is 31.4 Å². The van der Waals surface area contributed by atoms with Gasteiger partial charge in [-0.05, 0) is 61.6 Å². The third-order valence-electron chi connectivity index (χ3n) is 9.55. The second-order valence-corrected chi connectivity index (χ2v) is 12.4. The molecular weight excluding hydrogens is 587 g/mol. The predicted molar refractivity (Wildman–Crippen MR) is 162 cm³/mol. The first-order valence-corrected chi connectivity index (χ1v) is 15.3. The quantitative estimate of drug-likeness (QED) is 0.384. The highest BCUT2D eigenvalue weighted by Gasteiger charge is 2.49. The highest BCUT2D eigenvalue weighted by Crippen LogP contribution is 2.45. The summed E-state index contributed by atoms with van der Waals surface area (Å²) in [6.07, 6.45) is 8.75. The van der Waals surface area contributed by atoms with Gasteiger partial charge in [-0.1, -0.05) is 12.0 Å². The van der Waals surface area contributed by atoms with Crippen molar-refractivity contribution in [2.75, 3.05) is 44.8 Å². The van der Waals surface area contributed by atoms with Gasteiger partial charge in [0.2, 0.25) is 5.88 Å². The number of phenols is 1. The van der Waals surface area contributed by atoms with Crippen LogP contribution in [0.1, 0.15) is 49.1 Å². The number of methoxy groups -OCH3 is 1. The van der Waals surface area contributed by atoms with Crippen LogP contribution in [-0.4, -0.2) is 93.9 Å². The summed E-state index contributed by atoms with van der Waals surface area (Å²) < 4.78 is 58.1. The normalized spacial score (nSPS) is 27.8. The number of ether oxygens (including phenoxy) is 2. The monoisotopic (exact) mass is 621 g/mol. The molecule has 3 fully saturated rings. The second-order valence-electron chi connectivity index (χ2n) is 12.4. The van der Waals surface area contributed by atoms with Gasteiger partial charge < -0.3 is 24.6 Å². The molecule has 236 valence electrons. The van der Waals surface area contributed by atoms with Gasteiger partial charge in [0.15, 0.2) is 5.82 Å². The number of allylic oxidation sites excluding steroid dienone is 1. The first-order chi connectivity index (χ1) is 21.7. The maximum atomic E-state index is 16.9. The minimum atomic E-state index is -1.52. The number of aliphatic hydroxyl groups is 1. The van der Waals surface area contributed by atoms with Crippen LogP contribution in [0.5, 0.6) is 17.6 Å². The number of pyridine rings is 1. The fraction of sp³-hybridized carbons (Fsp3) is 0.485. The number of aromatic nitrogens is 3. The van der Waals surface area contributed by atoms with Crippen LogP contribution >= 0.6 is 0 Å². The van der Waals surface area contributed by atoms with Crippen molar-refractivity contribution in [3.8, 4) is 41.2 Å². The predicted octanol–water partition coefficient (Wildman–Crippen LogP) is 4.54. The first kappa shape index (κ1) is 29.6. The Morgan fingerprint density at radius 2 is 2.00 bits per heavy atom. The van der Waals surface area contributed by atoms with Gasteiger partial charge in [0.25, 0.3) is 0 Å². The summed E-state index contributed by atoms with van der Waals surface area (Å²) in [5.74, 6) is 0.648. The summed E-state index contributed by atoms with van der Waals surface area (Å²) in [6, 6.07) is 2.63. The lowest BCUT2D eigenvalue weighted by atomic mass is 9.82. The molecule has 0 saturated carbocycles. The van der Waals surface area contributed by atoms with Crippen LogP contribution in [0.15, 0.2) is 18.2 Å². The van der Waals surface area contributed by atoms with E-state index in [0.717, 1.165) is 19.4 Å². The number of halogens is 3. The smallest absolute Gasteiger partial charge is 0.319 e. The number of hydrogen-bond donors (Lipinski definition) is 2. The lowest BCUT2D eigenvalue weighted by Gasteiger charge is -2.33. The number of benzene rings is 1. The van der Waals surface area contributed by atoms with Crippen LogP contribution in [0, 0.1) is 18.2 Å². The van der Waals surface area contributed by atoms with Gasteiger partial charge in [0.1, 0.15) is 47.1 Å². The SMILES string of the molecule is C#CC1c2c(cc(O)cc2-c2nc(OC)c3c(N4CCC[C@@H](O)C4)nc(OC[C@@]45CCCN4C[C@H](F)C5)nc3c2F)C=CC1F. The molecule has 3 aliphatic heterocycles. The average Bonchev–Trinajstić information content (AvgIpc) is 3.55. The molecule has 1 aromatic carbocycles. The van der Waals surface area contributed by atoms with Crippen LogP contribution in [0.2, 0.25) is 0 Å². The summed E-state index contributed by atoms with van der Waals surface area (Å²) in [5, 5.41) is 21.2. The minimum Gasteiger partial charge on any atom is -0.508 e. The maximum Gasteiger partial charge on any atom is 0.319 e. The van der Waals surface area contributed by atoms with Gasteiger partial charge in [0.05, 0.1) is 24.7 Å². The Morgan fingerprint density at radius 1 is 1.16 bits per heavy atom. The van der Waals surface area contributed by atoms with Crippen molar-refractivity contribution in [1.82, 2.24) is 19.9 Å². The zero-order valence-electron chi connectivity index (χ0n) is 24.8. The largest absolute Gasteiger partial charge is 0.508 e. The summed E-state index contributed by atoms with van der Waals surface area (Å²) in [4.78, 5) is 17.6. The topological polar surface area (TPSA) is 104 Å². The fourth-order valence-corrected chi connectivity index (χ4v) is 7.50. The number of nitrogens with zero attached hydrogens (tertiary/aromatic N) is 5. The van der Waals surface area contributed by atoms with Gasteiger partial charge in [-0.2, -0.15) is 9.97 Å². The zero-order chi connectivity index (χ0) is 31.5. The van der Waals surface area contributed by atoms with Gasteiger partial charge in [-0.15, -0.1) is 6.42 Å². The average molecular weight is 622 g/mol. The molecule has 0 radical (unpaired) electrons. The van der Waals surface area contributed by atoms with E-state index in [2.05, 4.69) is 25.8 Å². The number of rotatable bonds is 6. The van der Waals surface area contributed by atoms with E-state index in [-0.39, 0.29) is 58.8 Å². The van der Waals surface area contributed by atoms with Crippen molar-refractivity contribution in [2.45, 2.75) is 62.0 Å². The molecule has 1 aliphatic carbocycles. The van der Waals surface area contributed by atoms with E-state index in [1.54, 1.807) is 0 Å². The lowest BCUT2D eigenvalue weighted by Crippen LogP contribution is -2.43. The summed E-state index contributed by atoms with van der Waals surface area (Å²) in [5.41, 5.74) is -0.0234. The van der Waals surface area contributed by atoms with Crippen molar-refractivity contribution in [2.24, 2.45) is 0 Å². The number of piperidine rings is 1. The number of phenolic OH excluding ortho intramolecular Hbond substituents is 1. The molecule has 5 atom stereocenters. The molecule has 45 heavy (non-hydrogen) atoms. The maximum absolute atomic E-state index is 16.9. The number of aromatic hydroxyl groups is 1. The number of fused-ring (bicyclic) bond motifs is 3. The molecule has 2 aromatic heterocycles. The Hall–Kier alpha value is -4.08. The van der Waals surface area contributed by atoms with Crippen LogP contribution in [0.3, 0.4) is 0 Å². The number of terminal acetylenes is 1. The third-order valence-corrected chi connectivity index (χ3v) is 9.55. The lowest BCUT2D eigenvalue weighted by molar-refractivity contribution is 0.107. The van der Waals surface area contributed by atoms with E-state index in [4.69, 9.17) is 15.9 Å². The Kier molecular flexibility index (Phi) is 7.49. The van der Waals surface area contributed by atoms with E-state index < -0.39 is 35.7 Å². The van der Waals surface area contributed by atoms with E-state index in [0.29, 0.717) is 43.5 Å². The van der Waals surface area contributed by atoms with Gasteiger partial charge in [-0.25, -0.2) is 18.2 Å². The van der Waals surface area contributed by atoms with Gasteiger partial charge in [0, 0.05) is 31.6 Å². The molecule has 3 aromatic rings. The zero-order valence-corrected chi connectivity index (χ0v) is 24.8. The van der Waals surface area contributed by atoms with Crippen molar-refractivity contribution in [1.29, 1.82) is 0 Å². The van der Waals surface area contributed by atoms with Crippen LogP contribution < -0.4 is 14.4 Å². The third kappa shape index (κ3) is 5.02. The number of anilines is 1. The molecule has 3 saturated heterocycles. The molecule has 7 rings (SSSR count). The molecule has 2 unspecified atom stereocenters. The summed E-state index contributed by atoms with van der Waals surface area (Å²) in [6.45, 7) is 2.04. The second kappa shape index (κ2) is 11.4. The Balaban J connectivity index is 1.41. The molecule has 5 heterocycles. The summed E-state index contributed by atoms with van der Waals surface area (Å²) in [7, 11) is 1.38. The van der Waals surface area contributed by atoms with Crippen LogP contribution in [0.25, 0.3) is 28.2 Å². The molecule has 0 bridgehead atoms. The number of hydrogen-bond acceptors (Lipinski definition) is 9. The molecule has 4 aliphatic rings. The summed E-state index contributed by atoms with van der Waals surface area (Å²) >= 11 is 0. The van der Waals surface area contributed by atoms with E-state index in [1.807, 2.05) is 4.90 Å². The Labute approximate surface area is 258 Å². The number of alkyl halides is 2. The molecule has 0 amide bonds. The van der Waals surface area contributed by atoms with Crippen LogP contribution in [-0.2, 0) is 0 Å². The van der Waals surface area contributed by atoms with Crippen molar-refractivity contribution in [3.63, 3.8) is 0 Å². The minimum absolute atomic E-state index is 0.00265. The van der Waals surface area contributed by atoms with Gasteiger partial charge >= 0.3 is 6.01 Å². The standard InChI is InChI=1S/C33H34F3N5O4/c1-3-22-24(35)8-7-18-12-21(43)13-23(25(18)22)28-27(36)29-26(31(37-28)44-2)30(40-10-4-6-20(42)16-40)39-32(38-29)45-17-33-9-5-11-41(33)15-19(34)14-33/h1,7-8,12-13,19-20,22,24,42-43H,4-6,9-11,14-17H2,2H3/t19-,20-,22?,24?,33+/m1/s1. The first-order valence-electron chi connectivity index (χ1n) is 15.3. The van der Waals surface area contributed by atoms with Crippen molar-refractivity contribution >= 4 is 22.8 Å².